The van der Waals surface area contributed by atoms with Crippen LogP contribution in [0.4, 0.5) is 0 Å². The maximum atomic E-state index is 3.76. The van der Waals surface area contributed by atoms with Crippen LogP contribution in [0.15, 0.2) is 0 Å². The van der Waals surface area contributed by atoms with Crippen molar-refractivity contribution in [3.8, 4) is 0 Å². The van der Waals surface area contributed by atoms with E-state index in [-0.39, 0.29) is 0 Å². The van der Waals surface area contributed by atoms with Gasteiger partial charge in [-0.25, -0.2) is 0 Å². The van der Waals surface area contributed by atoms with E-state index in [1.165, 1.54) is 71.4 Å². The minimum Gasteiger partial charge on any atom is -0.316 e. The minimum absolute atomic E-state index is 0.562. The van der Waals surface area contributed by atoms with E-state index < -0.39 is 0 Å². The predicted molar refractivity (Wildman–Crippen MR) is 78.2 cm³/mol. The molecule has 1 saturated carbocycles. The van der Waals surface area contributed by atoms with Crippen LogP contribution in [0.3, 0.4) is 0 Å². The molecule has 0 aromatic heterocycles. The van der Waals surface area contributed by atoms with Gasteiger partial charge in [0, 0.05) is 56.6 Å². The number of hydrogen-bond acceptors (Lipinski definition) is 3. The third kappa shape index (κ3) is 1.89. The van der Waals surface area contributed by atoms with E-state index in [0.717, 1.165) is 17.9 Å². The first kappa shape index (κ1) is 12.6. The molecule has 4 heterocycles. The second-order valence-electron chi connectivity index (χ2n) is 7.56. The Kier molecular flexibility index (Phi) is 3.13. The summed E-state index contributed by atoms with van der Waals surface area (Å²) in [6, 6.07) is 0.779. The molecular formula is C16H29N3. The molecule has 3 nitrogen and oxygen atoms in total. The van der Waals surface area contributed by atoms with E-state index in [4.69, 9.17) is 0 Å². The second-order valence-corrected chi connectivity index (χ2v) is 7.56. The molecule has 3 unspecified atom stereocenters. The van der Waals surface area contributed by atoms with Crippen molar-refractivity contribution in [2.75, 3.05) is 46.3 Å². The Morgan fingerprint density at radius 2 is 1.58 bits per heavy atom. The van der Waals surface area contributed by atoms with Crippen molar-refractivity contribution in [2.24, 2.45) is 17.3 Å². The van der Waals surface area contributed by atoms with Crippen molar-refractivity contribution < 1.29 is 0 Å². The van der Waals surface area contributed by atoms with Crippen LogP contribution in [0.1, 0.15) is 32.1 Å². The Balaban J connectivity index is 1.69. The maximum absolute atomic E-state index is 3.76. The van der Waals surface area contributed by atoms with Crippen LogP contribution < -0.4 is 5.32 Å². The molecule has 5 fully saturated rings. The van der Waals surface area contributed by atoms with Gasteiger partial charge in [-0.15, -0.1) is 0 Å². The van der Waals surface area contributed by atoms with Crippen molar-refractivity contribution in [3.63, 3.8) is 0 Å². The first-order chi connectivity index (χ1) is 9.32. The van der Waals surface area contributed by atoms with Gasteiger partial charge in [0.1, 0.15) is 0 Å². The zero-order chi connectivity index (χ0) is 12.9. The van der Waals surface area contributed by atoms with Crippen LogP contribution in [0.5, 0.6) is 0 Å². The molecule has 3 atom stereocenters. The van der Waals surface area contributed by atoms with Crippen LogP contribution in [0.25, 0.3) is 0 Å². The van der Waals surface area contributed by atoms with E-state index in [0.29, 0.717) is 5.41 Å². The van der Waals surface area contributed by atoms with Crippen molar-refractivity contribution in [1.29, 1.82) is 0 Å². The molecule has 0 spiro atoms. The van der Waals surface area contributed by atoms with Crippen LogP contribution in [0, 0.1) is 17.3 Å². The first-order valence-corrected chi connectivity index (χ1v) is 8.44. The zero-order valence-corrected chi connectivity index (χ0v) is 12.4. The lowest BCUT2D eigenvalue weighted by Crippen LogP contribution is -2.69. The number of fused-ring (bicyclic) bond motifs is 1. The molecule has 5 rings (SSSR count). The summed E-state index contributed by atoms with van der Waals surface area (Å²) in [5.41, 5.74) is 0.562. The maximum Gasteiger partial charge on any atom is 0.0200 e. The van der Waals surface area contributed by atoms with E-state index in [9.17, 15) is 0 Å². The predicted octanol–water partition coefficient (Wildman–Crippen LogP) is 1.40. The van der Waals surface area contributed by atoms with Crippen molar-refractivity contribution in [3.05, 3.63) is 0 Å². The Morgan fingerprint density at radius 1 is 0.947 bits per heavy atom. The molecule has 19 heavy (non-hydrogen) atoms. The average Bonchev–Trinajstić information content (AvgIpc) is 2.68. The molecule has 4 bridgehead atoms. The van der Waals surface area contributed by atoms with Crippen LogP contribution >= 0.6 is 0 Å². The molecule has 4 saturated heterocycles. The van der Waals surface area contributed by atoms with E-state index in [1.54, 1.807) is 0 Å². The molecule has 0 radical (unpaired) electrons. The molecule has 5 aliphatic rings. The van der Waals surface area contributed by atoms with Gasteiger partial charge in [0.05, 0.1) is 0 Å². The molecule has 3 heteroatoms. The lowest BCUT2D eigenvalue weighted by Gasteiger charge is -2.59. The third-order valence-electron chi connectivity index (χ3n) is 6.57. The third-order valence-corrected chi connectivity index (χ3v) is 6.57. The van der Waals surface area contributed by atoms with Gasteiger partial charge in [-0.3, -0.25) is 0 Å². The van der Waals surface area contributed by atoms with Crippen LogP contribution in [0.2, 0.25) is 0 Å². The fourth-order valence-corrected chi connectivity index (χ4v) is 5.95. The first-order valence-electron chi connectivity index (χ1n) is 8.44. The fourth-order valence-electron chi connectivity index (χ4n) is 5.95. The number of nitrogens with zero attached hydrogens (tertiary/aromatic N) is 2. The van der Waals surface area contributed by atoms with Crippen molar-refractivity contribution >= 4 is 0 Å². The summed E-state index contributed by atoms with van der Waals surface area (Å²) in [4.78, 5) is 5.58. The number of nitrogens with one attached hydrogen (secondary N) is 1. The summed E-state index contributed by atoms with van der Waals surface area (Å²) >= 11 is 0. The van der Waals surface area contributed by atoms with Gasteiger partial charge in [0.2, 0.25) is 0 Å². The number of piperidine rings is 2. The lowest BCUT2D eigenvalue weighted by molar-refractivity contribution is -0.0760. The summed E-state index contributed by atoms with van der Waals surface area (Å²) < 4.78 is 0. The Bertz CT molecular complexity index is 321. The van der Waals surface area contributed by atoms with Gasteiger partial charge in [0.15, 0.2) is 0 Å². The van der Waals surface area contributed by atoms with E-state index >= 15 is 0 Å². The monoisotopic (exact) mass is 263 g/mol. The van der Waals surface area contributed by atoms with Crippen molar-refractivity contribution in [2.45, 2.75) is 38.1 Å². The van der Waals surface area contributed by atoms with Gasteiger partial charge in [-0.05, 0) is 25.8 Å². The summed E-state index contributed by atoms with van der Waals surface area (Å²) in [6.07, 6.45) is 7.42. The molecule has 4 aliphatic heterocycles. The van der Waals surface area contributed by atoms with Crippen LogP contribution in [-0.4, -0.2) is 62.2 Å². The number of hydrogen-bond donors (Lipinski definition) is 1. The highest BCUT2D eigenvalue weighted by Gasteiger charge is 2.56. The van der Waals surface area contributed by atoms with Gasteiger partial charge >= 0.3 is 0 Å². The van der Waals surface area contributed by atoms with Gasteiger partial charge in [-0.1, -0.05) is 19.3 Å². The van der Waals surface area contributed by atoms with Gasteiger partial charge < -0.3 is 15.1 Å². The Morgan fingerprint density at radius 3 is 2.16 bits per heavy atom. The highest BCUT2D eigenvalue weighted by atomic mass is 15.3. The summed E-state index contributed by atoms with van der Waals surface area (Å²) in [5, 5.41) is 3.76. The van der Waals surface area contributed by atoms with Gasteiger partial charge in [0.25, 0.3) is 0 Å². The minimum atomic E-state index is 0.562. The summed E-state index contributed by atoms with van der Waals surface area (Å²) in [7, 11) is 2.22. The quantitative estimate of drug-likeness (QED) is 0.812. The van der Waals surface area contributed by atoms with Crippen LogP contribution in [-0.2, 0) is 0 Å². The lowest BCUT2D eigenvalue weighted by atomic mass is 9.58. The highest BCUT2D eigenvalue weighted by molar-refractivity contribution is 5.11. The SMILES string of the molecule is CNC1C2CN3CCN(C2)CC1(C1CCCCC1)C3. The largest absolute Gasteiger partial charge is 0.316 e. The zero-order valence-electron chi connectivity index (χ0n) is 12.4. The van der Waals surface area contributed by atoms with Gasteiger partial charge in [-0.2, -0.15) is 0 Å². The molecule has 0 aromatic rings. The fraction of sp³-hybridized carbons (Fsp3) is 1.00. The Labute approximate surface area is 117 Å². The highest BCUT2D eigenvalue weighted by Crippen LogP contribution is 2.49. The molecule has 1 N–H and O–H groups in total. The molecule has 0 amide bonds. The standard InChI is InChI=1S/C16H29N3/c1-17-15-13-9-18-7-8-19(10-13)12-16(15,11-18)14-5-3-2-4-6-14/h13-15,17H,2-12H2,1H3. The molecular weight excluding hydrogens is 234 g/mol. The normalized spacial score (nSPS) is 50.4. The van der Waals surface area contributed by atoms with E-state index in [1.807, 2.05) is 0 Å². The Hall–Kier alpha value is -0.120. The topological polar surface area (TPSA) is 18.5 Å². The second kappa shape index (κ2) is 4.71. The smallest absolute Gasteiger partial charge is 0.0200 e. The average molecular weight is 263 g/mol. The van der Waals surface area contributed by atoms with Crippen molar-refractivity contribution in [1.82, 2.24) is 15.1 Å². The molecule has 1 aliphatic carbocycles. The summed E-state index contributed by atoms with van der Waals surface area (Å²) in [5.74, 6) is 1.85. The summed E-state index contributed by atoms with van der Waals surface area (Å²) in [6.45, 7) is 8.07. The van der Waals surface area contributed by atoms with E-state index in [2.05, 4.69) is 22.2 Å². The number of rotatable bonds is 2. The molecule has 108 valence electrons. The molecule has 0 aromatic carbocycles.